The molecule has 0 aliphatic heterocycles. The highest BCUT2D eigenvalue weighted by atomic mass is 35.5. The van der Waals surface area contributed by atoms with Gasteiger partial charge < -0.3 is 24.6 Å². The van der Waals surface area contributed by atoms with Crippen LogP contribution in [0.25, 0.3) is 0 Å². The summed E-state index contributed by atoms with van der Waals surface area (Å²) in [5.74, 6) is -2.33. The van der Waals surface area contributed by atoms with E-state index in [2.05, 4.69) is 4.74 Å². The highest BCUT2D eigenvalue weighted by molar-refractivity contribution is 5.89. The summed E-state index contributed by atoms with van der Waals surface area (Å²) in [5, 5.41) is 7.14. The number of esters is 3. The lowest BCUT2D eigenvalue weighted by atomic mass is 10.2. The van der Waals surface area contributed by atoms with Gasteiger partial charge in [0.2, 0.25) is 0 Å². The predicted octanol–water partition coefficient (Wildman–Crippen LogP) is -0.279. The summed E-state index contributed by atoms with van der Waals surface area (Å²) in [6.45, 7) is 1.75. The molecule has 0 aromatic rings. The summed E-state index contributed by atoms with van der Waals surface area (Å²) in [4.78, 5) is 36.0. The molecule has 0 aromatic heterocycles. The fourth-order valence-corrected chi connectivity index (χ4v) is 1.69. The van der Waals surface area contributed by atoms with Crippen LogP contribution < -0.4 is 5.73 Å². The second-order valence-corrected chi connectivity index (χ2v) is 6.23. The first-order valence-electron chi connectivity index (χ1n) is 7.23. The maximum atomic E-state index is 11.8. The second-order valence-electron chi connectivity index (χ2n) is 6.23. The van der Waals surface area contributed by atoms with Crippen LogP contribution in [0, 0.1) is 5.41 Å². The van der Waals surface area contributed by atoms with Crippen molar-refractivity contribution in [2.75, 3.05) is 41.3 Å². The molecule has 0 aliphatic carbocycles. The monoisotopic (exact) mass is 367 g/mol. The lowest BCUT2D eigenvalue weighted by molar-refractivity contribution is -0.873. The zero-order valence-electron chi connectivity index (χ0n) is 14.8. The van der Waals surface area contributed by atoms with Gasteiger partial charge in [-0.25, -0.2) is 4.79 Å². The highest BCUT2D eigenvalue weighted by Crippen LogP contribution is 2.08. The molecule has 3 N–H and O–H groups in total. The molecule has 0 saturated carbocycles. The van der Waals surface area contributed by atoms with Crippen LogP contribution in [0.5, 0.6) is 0 Å². The maximum absolute atomic E-state index is 11.8. The SMILES string of the molecule is CCC(=O)O[C@H](CC(=O)OC(=O)CN(C)C(=N)N)C[N+](C)(C)C.Cl. The minimum atomic E-state index is -0.821. The number of quaternary nitrogens is 1. The molecule has 0 bridgehead atoms. The molecule has 1 atom stereocenters. The molecule has 0 aromatic carbocycles. The average molecular weight is 368 g/mol. The Morgan fingerprint density at radius 3 is 2.12 bits per heavy atom. The van der Waals surface area contributed by atoms with E-state index in [0.29, 0.717) is 11.0 Å². The minimum absolute atomic E-state index is 0. The predicted molar refractivity (Wildman–Crippen MR) is 90.6 cm³/mol. The van der Waals surface area contributed by atoms with Crippen LogP contribution in [0.2, 0.25) is 0 Å². The summed E-state index contributed by atoms with van der Waals surface area (Å²) in [6.07, 6.45) is -0.685. The first-order chi connectivity index (χ1) is 10.4. The Hall–Kier alpha value is -1.87. The Labute approximate surface area is 148 Å². The summed E-state index contributed by atoms with van der Waals surface area (Å²) in [6, 6.07) is 0. The molecule has 10 heteroatoms. The number of guanidine groups is 1. The van der Waals surface area contributed by atoms with E-state index in [1.165, 1.54) is 7.05 Å². The van der Waals surface area contributed by atoms with Gasteiger partial charge in [0.15, 0.2) is 12.1 Å². The van der Waals surface area contributed by atoms with Crippen molar-refractivity contribution in [3.63, 3.8) is 0 Å². The summed E-state index contributed by atoms with van der Waals surface area (Å²) < 4.78 is 10.4. The van der Waals surface area contributed by atoms with Gasteiger partial charge in [-0.05, 0) is 0 Å². The van der Waals surface area contributed by atoms with Crippen molar-refractivity contribution in [1.82, 2.24) is 4.90 Å². The lowest BCUT2D eigenvalue weighted by Crippen LogP contribution is -2.44. The first kappa shape index (κ1) is 24.4. The van der Waals surface area contributed by atoms with Crippen molar-refractivity contribution in [1.29, 1.82) is 5.41 Å². The molecule has 0 radical (unpaired) electrons. The Kier molecular flexibility index (Phi) is 11.0. The number of ether oxygens (including phenoxy) is 2. The largest absolute Gasteiger partial charge is 0.456 e. The smallest absolute Gasteiger partial charge is 0.333 e. The van der Waals surface area contributed by atoms with Crippen molar-refractivity contribution in [2.45, 2.75) is 25.9 Å². The zero-order chi connectivity index (χ0) is 18.2. The van der Waals surface area contributed by atoms with Crippen molar-refractivity contribution in [3.8, 4) is 0 Å². The molecule has 0 unspecified atom stereocenters. The Morgan fingerprint density at radius 2 is 1.71 bits per heavy atom. The van der Waals surface area contributed by atoms with Gasteiger partial charge in [0.25, 0.3) is 0 Å². The summed E-state index contributed by atoms with van der Waals surface area (Å²) in [5.41, 5.74) is 5.19. The lowest BCUT2D eigenvalue weighted by Gasteiger charge is -2.28. The molecule has 0 aliphatic rings. The standard InChI is InChI=1S/C14H27N4O5.ClH/c1-6-11(19)22-10(9-18(3,4)5)7-12(20)23-13(21)8-17(2)14(15)16;/h10H,6-9H2,1-5H3,(H3,15,16);1H/q+1;/t10-;/m1./s1. The Bertz CT molecular complexity index is 465. The molecular formula is C14H28ClN4O5+. The third-order valence-electron chi connectivity index (χ3n) is 2.74. The number of carbonyl (C=O) groups is 3. The van der Waals surface area contributed by atoms with Gasteiger partial charge >= 0.3 is 17.9 Å². The van der Waals surface area contributed by atoms with E-state index < -0.39 is 24.0 Å². The number of rotatable bonds is 8. The number of nitrogens with two attached hydrogens (primary N) is 1. The van der Waals surface area contributed by atoms with E-state index >= 15 is 0 Å². The minimum Gasteiger partial charge on any atom is -0.456 e. The molecule has 0 spiro atoms. The molecule has 24 heavy (non-hydrogen) atoms. The number of nitrogens with zero attached hydrogens (tertiary/aromatic N) is 2. The number of nitrogens with one attached hydrogen (secondary N) is 1. The van der Waals surface area contributed by atoms with Crippen molar-refractivity contribution in [3.05, 3.63) is 0 Å². The summed E-state index contributed by atoms with van der Waals surface area (Å²) >= 11 is 0. The molecule has 0 saturated heterocycles. The maximum Gasteiger partial charge on any atom is 0.333 e. The van der Waals surface area contributed by atoms with Crippen LogP contribution in [0.15, 0.2) is 0 Å². The third kappa shape index (κ3) is 11.7. The van der Waals surface area contributed by atoms with Gasteiger partial charge in [-0.1, -0.05) is 6.92 Å². The number of carbonyl (C=O) groups excluding carboxylic acids is 3. The molecular weight excluding hydrogens is 340 g/mol. The second kappa shape index (κ2) is 10.8. The quantitative estimate of drug-likeness (QED) is 0.199. The van der Waals surface area contributed by atoms with Gasteiger partial charge in [-0.3, -0.25) is 15.0 Å². The molecule has 0 heterocycles. The molecule has 140 valence electrons. The van der Waals surface area contributed by atoms with Crippen LogP contribution in [0.1, 0.15) is 19.8 Å². The topological polar surface area (TPSA) is 123 Å². The van der Waals surface area contributed by atoms with Crippen LogP contribution in [0.4, 0.5) is 0 Å². The van der Waals surface area contributed by atoms with Crippen molar-refractivity contribution < 1.29 is 28.3 Å². The highest BCUT2D eigenvalue weighted by Gasteiger charge is 2.26. The van der Waals surface area contributed by atoms with Gasteiger partial charge in [0, 0.05) is 13.5 Å². The van der Waals surface area contributed by atoms with Gasteiger partial charge in [-0.15, -0.1) is 12.4 Å². The Morgan fingerprint density at radius 1 is 1.17 bits per heavy atom. The normalized spacial score (nSPS) is 11.7. The molecule has 9 nitrogen and oxygen atoms in total. The van der Waals surface area contributed by atoms with Crippen LogP contribution in [0.3, 0.4) is 0 Å². The number of hydrogen-bond acceptors (Lipinski definition) is 6. The third-order valence-corrected chi connectivity index (χ3v) is 2.74. The van der Waals surface area contributed by atoms with Crippen LogP contribution in [-0.2, 0) is 23.9 Å². The average Bonchev–Trinajstić information content (AvgIpc) is 2.35. The fraction of sp³-hybridized carbons (Fsp3) is 0.714. The van der Waals surface area contributed by atoms with Gasteiger partial charge in [0.1, 0.15) is 13.1 Å². The summed E-state index contributed by atoms with van der Waals surface area (Å²) in [7, 11) is 7.11. The van der Waals surface area contributed by atoms with Crippen molar-refractivity contribution in [2.24, 2.45) is 5.73 Å². The van der Waals surface area contributed by atoms with Crippen LogP contribution in [-0.4, -0.2) is 80.6 Å². The van der Waals surface area contributed by atoms with E-state index in [-0.39, 0.29) is 37.8 Å². The van der Waals surface area contributed by atoms with E-state index in [4.69, 9.17) is 15.9 Å². The van der Waals surface area contributed by atoms with Gasteiger partial charge in [0.05, 0.1) is 27.6 Å². The molecule has 0 rings (SSSR count). The van der Waals surface area contributed by atoms with Gasteiger partial charge in [-0.2, -0.15) is 0 Å². The fourth-order valence-electron chi connectivity index (χ4n) is 1.69. The van der Waals surface area contributed by atoms with E-state index in [9.17, 15) is 14.4 Å². The number of likely N-dealkylation sites (N-methyl/N-ethyl adjacent to an activating group) is 2. The first-order valence-corrected chi connectivity index (χ1v) is 7.23. The molecule has 0 fully saturated rings. The van der Waals surface area contributed by atoms with E-state index in [1.807, 2.05) is 21.1 Å². The van der Waals surface area contributed by atoms with E-state index in [1.54, 1.807) is 6.92 Å². The van der Waals surface area contributed by atoms with Crippen molar-refractivity contribution >= 4 is 36.3 Å². The van der Waals surface area contributed by atoms with Crippen LogP contribution >= 0.6 is 12.4 Å². The zero-order valence-corrected chi connectivity index (χ0v) is 15.6. The molecule has 0 amide bonds. The number of hydrogen-bond donors (Lipinski definition) is 2. The Balaban J connectivity index is 0. The van der Waals surface area contributed by atoms with E-state index in [0.717, 1.165) is 4.90 Å². The number of halogens is 1.